The molecule has 6 heteroatoms. The van der Waals surface area contributed by atoms with E-state index in [0.29, 0.717) is 22.7 Å². The second-order valence-corrected chi connectivity index (χ2v) is 3.76. The van der Waals surface area contributed by atoms with Gasteiger partial charge in [0.25, 0.3) is 5.78 Å². The first-order valence-corrected chi connectivity index (χ1v) is 5.07. The van der Waals surface area contributed by atoms with Crippen molar-refractivity contribution in [3.05, 3.63) is 41.9 Å². The molecule has 1 aromatic carbocycles. The maximum absolute atomic E-state index is 12.1. The van der Waals surface area contributed by atoms with Gasteiger partial charge in [0.2, 0.25) is 5.78 Å². The summed E-state index contributed by atoms with van der Waals surface area (Å²) in [7, 11) is 0. The van der Waals surface area contributed by atoms with Gasteiger partial charge in [-0.3, -0.25) is 4.79 Å². The van der Waals surface area contributed by atoms with E-state index in [-0.39, 0.29) is 5.78 Å². The van der Waals surface area contributed by atoms with Crippen molar-refractivity contribution in [2.75, 3.05) is 0 Å². The van der Waals surface area contributed by atoms with E-state index in [4.69, 9.17) is 0 Å². The van der Waals surface area contributed by atoms with Crippen LogP contribution in [0.2, 0.25) is 0 Å². The van der Waals surface area contributed by atoms with Gasteiger partial charge in [-0.2, -0.15) is 9.61 Å². The zero-order valence-corrected chi connectivity index (χ0v) is 8.53. The Morgan fingerprint density at radius 3 is 2.76 bits per heavy atom. The summed E-state index contributed by atoms with van der Waals surface area (Å²) in [6.45, 7) is 0. The summed E-state index contributed by atoms with van der Waals surface area (Å²) in [6.07, 6.45) is 1.43. The summed E-state index contributed by atoms with van der Waals surface area (Å²) in [4.78, 5) is 16.4. The molecule has 2 heterocycles. The van der Waals surface area contributed by atoms with Crippen molar-refractivity contribution in [3.8, 4) is 11.3 Å². The molecule has 0 unspecified atom stereocenters. The molecule has 0 amide bonds. The Labute approximate surface area is 94.9 Å². The van der Waals surface area contributed by atoms with Crippen molar-refractivity contribution in [1.29, 1.82) is 0 Å². The highest BCUT2D eigenvalue weighted by atomic mass is 16.1. The Morgan fingerprint density at radius 2 is 1.88 bits per heavy atom. The first-order chi connectivity index (χ1) is 8.34. The number of rotatable bonds is 0. The maximum Gasteiger partial charge on any atom is 0.272 e. The molecule has 0 bridgehead atoms. The van der Waals surface area contributed by atoms with Crippen molar-refractivity contribution in [1.82, 2.24) is 24.8 Å². The predicted molar refractivity (Wildman–Crippen MR) is 57.4 cm³/mol. The van der Waals surface area contributed by atoms with Gasteiger partial charge in [-0.1, -0.05) is 24.3 Å². The Morgan fingerprint density at radius 1 is 1.06 bits per heavy atom. The van der Waals surface area contributed by atoms with Gasteiger partial charge in [0.05, 0.1) is 0 Å². The fourth-order valence-electron chi connectivity index (χ4n) is 2.03. The van der Waals surface area contributed by atoms with Gasteiger partial charge in [-0.05, 0) is 0 Å². The molecule has 17 heavy (non-hydrogen) atoms. The molecule has 0 aliphatic heterocycles. The second kappa shape index (κ2) is 2.73. The lowest BCUT2D eigenvalue weighted by molar-refractivity contribution is 0.103. The minimum Gasteiger partial charge on any atom is -0.287 e. The number of benzene rings is 1. The molecule has 0 N–H and O–H groups in total. The lowest BCUT2D eigenvalue weighted by Gasteiger charge is -1.97. The normalized spacial score (nSPS) is 12.8. The number of hydrogen-bond donors (Lipinski definition) is 0. The molecule has 0 atom stereocenters. The van der Waals surface area contributed by atoms with E-state index < -0.39 is 0 Å². The summed E-state index contributed by atoms with van der Waals surface area (Å²) < 4.78 is 1.41. The molecule has 4 rings (SSSR count). The fraction of sp³-hybridized carbons (Fsp3) is 0. The van der Waals surface area contributed by atoms with Gasteiger partial charge in [-0.25, -0.2) is 4.98 Å². The van der Waals surface area contributed by atoms with Crippen LogP contribution in [0.15, 0.2) is 30.6 Å². The van der Waals surface area contributed by atoms with Crippen LogP contribution < -0.4 is 0 Å². The van der Waals surface area contributed by atoms with E-state index in [1.54, 1.807) is 6.07 Å². The highest BCUT2D eigenvalue weighted by molar-refractivity contribution is 6.19. The van der Waals surface area contributed by atoms with Crippen LogP contribution >= 0.6 is 0 Å². The fourth-order valence-corrected chi connectivity index (χ4v) is 2.03. The molecule has 0 fully saturated rings. The van der Waals surface area contributed by atoms with E-state index >= 15 is 0 Å². The van der Waals surface area contributed by atoms with Crippen LogP contribution in [0.1, 0.15) is 16.1 Å². The van der Waals surface area contributed by atoms with E-state index in [9.17, 15) is 4.79 Å². The lowest BCUT2D eigenvalue weighted by Crippen LogP contribution is -2.04. The largest absolute Gasteiger partial charge is 0.287 e. The third kappa shape index (κ3) is 0.963. The van der Waals surface area contributed by atoms with Crippen molar-refractivity contribution in [2.45, 2.75) is 0 Å². The molecule has 3 aromatic rings. The van der Waals surface area contributed by atoms with Crippen LogP contribution in [-0.2, 0) is 0 Å². The lowest BCUT2D eigenvalue weighted by atomic mass is 10.1. The Kier molecular flexibility index (Phi) is 1.37. The minimum atomic E-state index is -0.0984. The van der Waals surface area contributed by atoms with E-state index in [0.717, 1.165) is 5.56 Å². The highest BCUT2D eigenvalue weighted by Gasteiger charge is 2.30. The molecule has 80 valence electrons. The standard InChI is InChI=1S/C11H5N5O/c17-10-7-4-2-1-3-6(7)8-9(10)15-16-5-12-14-11(16)13-8/h1-5H. The smallest absolute Gasteiger partial charge is 0.272 e. The number of carbonyl (C=O) groups excluding carboxylic acids is 1. The topological polar surface area (TPSA) is 73.0 Å². The van der Waals surface area contributed by atoms with Crippen LogP contribution in [0.5, 0.6) is 0 Å². The number of nitrogens with zero attached hydrogens (tertiary/aromatic N) is 5. The summed E-state index contributed by atoms with van der Waals surface area (Å²) >= 11 is 0. The summed E-state index contributed by atoms with van der Waals surface area (Å²) in [5, 5.41) is 11.7. The molecule has 0 radical (unpaired) electrons. The molecule has 0 saturated heterocycles. The van der Waals surface area contributed by atoms with E-state index in [1.165, 1.54) is 10.8 Å². The predicted octanol–water partition coefficient (Wildman–Crippen LogP) is 0.731. The van der Waals surface area contributed by atoms with Gasteiger partial charge < -0.3 is 0 Å². The quantitative estimate of drug-likeness (QED) is 0.439. The second-order valence-electron chi connectivity index (χ2n) is 3.76. The van der Waals surface area contributed by atoms with Crippen LogP contribution in [0.4, 0.5) is 0 Å². The molecule has 2 aromatic heterocycles. The van der Waals surface area contributed by atoms with Crippen LogP contribution in [-0.4, -0.2) is 30.6 Å². The first-order valence-electron chi connectivity index (χ1n) is 5.07. The summed E-state index contributed by atoms with van der Waals surface area (Å²) in [6, 6.07) is 7.34. The van der Waals surface area contributed by atoms with Crippen molar-refractivity contribution in [2.24, 2.45) is 0 Å². The minimum absolute atomic E-state index is 0.0984. The monoisotopic (exact) mass is 223 g/mol. The van der Waals surface area contributed by atoms with Crippen molar-refractivity contribution < 1.29 is 4.79 Å². The number of carbonyl (C=O) groups is 1. The zero-order chi connectivity index (χ0) is 11.4. The number of hydrogen-bond acceptors (Lipinski definition) is 5. The third-order valence-corrected chi connectivity index (χ3v) is 2.80. The van der Waals surface area contributed by atoms with Gasteiger partial charge in [0.1, 0.15) is 12.0 Å². The number of ketones is 1. The molecule has 0 spiro atoms. The van der Waals surface area contributed by atoms with Crippen LogP contribution in [0.25, 0.3) is 17.0 Å². The van der Waals surface area contributed by atoms with Crippen LogP contribution in [0.3, 0.4) is 0 Å². The number of aromatic nitrogens is 5. The molecule has 1 aliphatic carbocycles. The molecule has 1 aliphatic rings. The summed E-state index contributed by atoms with van der Waals surface area (Å²) in [5.41, 5.74) is 2.40. The zero-order valence-electron chi connectivity index (χ0n) is 8.53. The average Bonchev–Trinajstić information content (AvgIpc) is 2.92. The van der Waals surface area contributed by atoms with E-state index in [1.807, 2.05) is 18.2 Å². The van der Waals surface area contributed by atoms with Crippen molar-refractivity contribution >= 4 is 11.6 Å². The van der Waals surface area contributed by atoms with E-state index in [2.05, 4.69) is 20.3 Å². The Bertz CT molecular complexity index is 776. The summed E-state index contributed by atoms with van der Waals surface area (Å²) in [5.74, 6) is 0.298. The van der Waals surface area contributed by atoms with Gasteiger partial charge in [0.15, 0.2) is 5.69 Å². The highest BCUT2D eigenvalue weighted by Crippen LogP contribution is 2.33. The van der Waals surface area contributed by atoms with Gasteiger partial charge in [0, 0.05) is 11.1 Å². The van der Waals surface area contributed by atoms with Crippen molar-refractivity contribution in [3.63, 3.8) is 0 Å². The first kappa shape index (κ1) is 8.51. The average molecular weight is 223 g/mol. The Hall–Kier alpha value is -2.63. The van der Waals surface area contributed by atoms with Crippen LogP contribution in [0, 0.1) is 0 Å². The van der Waals surface area contributed by atoms with Gasteiger partial charge >= 0.3 is 0 Å². The third-order valence-electron chi connectivity index (χ3n) is 2.80. The molecular weight excluding hydrogens is 218 g/mol. The maximum atomic E-state index is 12.1. The Balaban J connectivity index is 2.16. The molecule has 0 saturated carbocycles. The van der Waals surface area contributed by atoms with Gasteiger partial charge in [-0.15, -0.1) is 10.2 Å². The molecule has 6 nitrogen and oxygen atoms in total. The molecular formula is C11H5N5O. The number of fused-ring (bicyclic) bond motifs is 4. The SMILES string of the molecule is O=C1c2ccccc2-c2nc3nncn3nc21.